The minimum absolute atomic E-state index is 0.191. The van der Waals surface area contributed by atoms with Crippen molar-refractivity contribution in [1.82, 2.24) is 0 Å². The molecule has 1 aromatic heterocycles. The Kier molecular flexibility index (Phi) is 3.85. The molecule has 2 aromatic rings. The summed E-state index contributed by atoms with van der Waals surface area (Å²) in [6, 6.07) is 5.49. The highest BCUT2D eigenvalue weighted by Crippen LogP contribution is 2.27. The van der Waals surface area contributed by atoms with Gasteiger partial charge in [-0.25, -0.2) is 9.18 Å². The van der Waals surface area contributed by atoms with E-state index in [0.717, 1.165) is 11.3 Å². The number of halogens is 1. The molecule has 0 aliphatic carbocycles. The highest BCUT2D eigenvalue weighted by atomic mass is 32.1. The van der Waals surface area contributed by atoms with Crippen molar-refractivity contribution in [1.29, 1.82) is 0 Å². The third-order valence-electron chi connectivity index (χ3n) is 2.78. The number of nitrogens with one attached hydrogen (secondary N) is 1. The van der Waals surface area contributed by atoms with Crippen molar-refractivity contribution < 1.29 is 19.1 Å². The molecule has 0 spiro atoms. The average Bonchev–Trinajstić information content (AvgIpc) is 2.70. The van der Waals surface area contributed by atoms with Gasteiger partial charge in [-0.05, 0) is 49.2 Å². The van der Waals surface area contributed by atoms with E-state index in [2.05, 4.69) is 5.32 Å². The van der Waals surface area contributed by atoms with Crippen molar-refractivity contribution in [2.45, 2.75) is 13.8 Å². The Balaban J connectivity index is 2.23. The Morgan fingerprint density at radius 3 is 2.45 bits per heavy atom. The van der Waals surface area contributed by atoms with Gasteiger partial charge in [0.05, 0.1) is 5.00 Å². The Morgan fingerprint density at radius 2 is 1.90 bits per heavy atom. The molecule has 1 heterocycles. The summed E-state index contributed by atoms with van der Waals surface area (Å²) in [6.07, 6.45) is 0. The number of benzene rings is 1. The van der Waals surface area contributed by atoms with Crippen molar-refractivity contribution >= 4 is 28.2 Å². The number of aryl methyl sites for hydroxylation is 2. The van der Waals surface area contributed by atoms with E-state index in [1.807, 2.05) is 0 Å². The summed E-state index contributed by atoms with van der Waals surface area (Å²) in [5.74, 6) is -1.81. The van der Waals surface area contributed by atoms with Crippen LogP contribution in [0.3, 0.4) is 0 Å². The number of carboxylic acids is 1. The zero-order valence-corrected chi connectivity index (χ0v) is 11.7. The molecule has 0 saturated heterocycles. The van der Waals surface area contributed by atoms with Gasteiger partial charge in [0.25, 0.3) is 5.91 Å². The van der Waals surface area contributed by atoms with Crippen molar-refractivity contribution in [2.75, 3.05) is 5.32 Å². The molecule has 20 heavy (non-hydrogen) atoms. The summed E-state index contributed by atoms with van der Waals surface area (Å²) in [4.78, 5) is 23.2. The van der Waals surface area contributed by atoms with Crippen LogP contribution in [-0.2, 0) is 0 Å². The van der Waals surface area contributed by atoms with Gasteiger partial charge < -0.3 is 10.4 Å². The van der Waals surface area contributed by atoms with Gasteiger partial charge in [-0.3, -0.25) is 4.79 Å². The molecule has 4 nitrogen and oxygen atoms in total. The van der Waals surface area contributed by atoms with Crippen molar-refractivity contribution in [3.8, 4) is 0 Å². The summed E-state index contributed by atoms with van der Waals surface area (Å²) in [5.41, 5.74) is 1.47. The van der Waals surface area contributed by atoms with Crippen LogP contribution >= 0.6 is 11.3 Å². The summed E-state index contributed by atoms with van der Waals surface area (Å²) in [6.45, 7) is 3.30. The van der Waals surface area contributed by atoms with E-state index in [1.54, 1.807) is 19.9 Å². The fraction of sp³-hybridized carbons (Fsp3) is 0.143. The van der Waals surface area contributed by atoms with E-state index in [0.29, 0.717) is 21.7 Å². The van der Waals surface area contributed by atoms with Crippen LogP contribution in [-0.4, -0.2) is 17.0 Å². The second-order valence-electron chi connectivity index (χ2n) is 4.34. The van der Waals surface area contributed by atoms with Crippen molar-refractivity contribution in [2.24, 2.45) is 0 Å². The zero-order chi connectivity index (χ0) is 14.9. The number of hydrogen-bond acceptors (Lipinski definition) is 3. The van der Waals surface area contributed by atoms with E-state index in [1.165, 1.54) is 18.2 Å². The largest absolute Gasteiger partial charge is 0.477 e. The van der Waals surface area contributed by atoms with E-state index < -0.39 is 11.8 Å². The Labute approximate surface area is 118 Å². The maximum absolute atomic E-state index is 13.0. The summed E-state index contributed by atoms with van der Waals surface area (Å²) >= 11 is 0.994. The van der Waals surface area contributed by atoms with Crippen LogP contribution in [0.1, 0.15) is 31.2 Å². The van der Waals surface area contributed by atoms with Gasteiger partial charge in [-0.15, -0.1) is 11.3 Å². The van der Waals surface area contributed by atoms with Gasteiger partial charge in [0.1, 0.15) is 10.7 Å². The van der Waals surface area contributed by atoms with Crippen molar-refractivity contribution in [3.05, 3.63) is 51.7 Å². The van der Waals surface area contributed by atoms with Crippen molar-refractivity contribution in [3.63, 3.8) is 0 Å². The third kappa shape index (κ3) is 2.85. The topological polar surface area (TPSA) is 66.4 Å². The van der Waals surface area contributed by atoms with Crippen LogP contribution in [0.25, 0.3) is 0 Å². The van der Waals surface area contributed by atoms with Crippen LogP contribution in [0, 0.1) is 19.7 Å². The maximum atomic E-state index is 13.0. The number of carbonyl (C=O) groups is 2. The fourth-order valence-corrected chi connectivity index (χ4v) is 2.72. The molecule has 0 bridgehead atoms. The molecule has 0 aliphatic heterocycles. The molecule has 0 atom stereocenters. The van der Waals surface area contributed by atoms with Crippen LogP contribution in [0.4, 0.5) is 9.39 Å². The molecular weight excluding hydrogens is 281 g/mol. The molecule has 6 heteroatoms. The predicted octanol–water partition coefficient (Wildman–Crippen LogP) is 3.45. The summed E-state index contributed by atoms with van der Waals surface area (Å²) < 4.78 is 13.0. The molecule has 104 valence electrons. The highest BCUT2D eigenvalue weighted by Gasteiger charge is 2.15. The fourth-order valence-electron chi connectivity index (χ4n) is 1.82. The van der Waals surface area contributed by atoms with Crippen LogP contribution < -0.4 is 5.32 Å². The lowest BCUT2D eigenvalue weighted by Gasteiger charge is -2.05. The minimum atomic E-state index is -1.02. The number of anilines is 1. The Bertz CT molecular complexity index is 694. The monoisotopic (exact) mass is 293 g/mol. The average molecular weight is 293 g/mol. The van der Waals surface area contributed by atoms with Crippen LogP contribution in [0.15, 0.2) is 24.3 Å². The van der Waals surface area contributed by atoms with Gasteiger partial charge >= 0.3 is 5.97 Å². The van der Waals surface area contributed by atoms with Gasteiger partial charge in [-0.2, -0.15) is 0 Å². The molecule has 0 saturated carbocycles. The Morgan fingerprint density at radius 1 is 1.20 bits per heavy atom. The lowest BCUT2D eigenvalue weighted by molar-refractivity contribution is 0.0701. The summed E-state index contributed by atoms with van der Waals surface area (Å²) in [7, 11) is 0. The second-order valence-corrected chi connectivity index (χ2v) is 5.39. The molecule has 1 amide bonds. The van der Waals surface area contributed by atoms with E-state index in [-0.39, 0.29) is 10.8 Å². The number of amides is 1. The van der Waals surface area contributed by atoms with Gasteiger partial charge in [0, 0.05) is 5.56 Å². The zero-order valence-electron chi connectivity index (χ0n) is 10.9. The number of carbonyl (C=O) groups excluding carboxylic acids is 1. The molecule has 1 aromatic carbocycles. The molecule has 0 fully saturated rings. The lowest BCUT2D eigenvalue weighted by atomic mass is 10.1. The third-order valence-corrected chi connectivity index (χ3v) is 3.92. The molecule has 0 unspecified atom stereocenters. The van der Waals surface area contributed by atoms with E-state index in [4.69, 9.17) is 5.11 Å². The van der Waals surface area contributed by atoms with Gasteiger partial charge in [0.2, 0.25) is 0 Å². The number of hydrogen-bond donors (Lipinski definition) is 2. The molecule has 2 N–H and O–H groups in total. The molecule has 2 rings (SSSR count). The normalized spacial score (nSPS) is 10.3. The smallest absolute Gasteiger partial charge is 0.346 e. The first-order valence-electron chi connectivity index (χ1n) is 5.79. The SMILES string of the molecule is Cc1cc(F)ccc1C(=O)Nc1cc(C)c(C(=O)O)s1. The van der Waals surface area contributed by atoms with Gasteiger partial charge in [-0.1, -0.05) is 0 Å². The lowest BCUT2D eigenvalue weighted by Crippen LogP contribution is -2.12. The molecule has 0 radical (unpaired) electrons. The van der Waals surface area contributed by atoms with Crippen LogP contribution in [0.2, 0.25) is 0 Å². The first-order chi connectivity index (χ1) is 9.38. The number of aromatic carboxylic acids is 1. The first-order valence-corrected chi connectivity index (χ1v) is 6.61. The predicted molar refractivity (Wildman–Crippen MR) is 75.1 cm³/mol. The Hall–Kier alpha value is -2.21. The van der Waals surface area contributed by atoms with E-state index >= 15 is 0 Å². The first kappa shape index (κ1) is 14.2. The quantitative estimate of drug-likeness (QED) is 0.910. The summed E-state index contributed by atoms with van der Waals surface area (Å²) in [5, 5.41) is 12.0. The molecule has 0 aliphatic rings. The number of rotatable bonds is 3. The van der Waals surface area contributed by atoms with E-state index in [9.17, 15) is 14.0 Å². The maximum Gasteiger partial charge on any atom is 0.346 e. The minimum Gasteiger partial charge on any atom is -0.477 e. The van der Waals surface area contributed by atoms with Crippen LogP contribution in [0.5, 0.6) is 0 Å². The molecular formula is C14H12FNO3S. The number of thiophene rings is 1. The number of carboxylic acid groups (broad SMARTS) is 1. The standard InChI is InChI=1S/C14H12FNO3S/c1-7-5-9(15)3-4-10(7)13(17)16-11-6-8(2)12(20-11)14(18)19/h3-6H,1-2H3,(H,16,17)(H,18,19). The second kappa shape index (κ2) is 5.42. The van der Waals surface area contributed by atoms with Gasteiger partial charge in [0.15, 0.2) is 0 Å². The highest BCUT2D eigenvalue weighted by molar-refractivity contribution is 7.18.